The quantitative estimate of drug-likeness (QED) is 0.736. The fraction of sp³-hybridized carbons (Fsp3) is 0.923. The van der Waals surface area contributed by atoms with E-state index in [1.54, 1.807) is 0 Å². The van der Waals surface area contributed by atoms with Crippen LogP contribution in [-0.2, 0) is 9.53 Å². The highest BCUT2D eigenvalue weighted by atomic mass is 16.5. The molecular weight excluding hydrogens is 230 g/mol. The highest BCUT2D eigenvalue weighted by molar-refractivity contribution is 5.82. The van der Waals surface area contributed by atoms with E-state index in [1.807, 2.05) is 26.0 Å². The Labute approximate surface area is 110 Å². The Morgan fingerprint density at radius 3 is 2.33 bits per heavy atom. The molecule has 18 heavy (non-hydrogen) atoms. The van der Waals surface area contributed by atoms with Crippen LogP contribution in [0.15, 0.2) is 0 Å². The summed E-state index contributed by atoms with van der Waals surface area (Å²) in [4.78, 5) is 16.5. The Kier molecular flexibility index (Phi) is 6.05. The third-order valence-electron chi connectivity index (χ3n) is 3.74. The number of carbonyl (C=O) groups excluding carboxylic acids is 1. The zero-order valence-electron chi connectivity index (χ0n) is 11.9. The van der Waals surface area contributed by atoms with Crippen LogP contribution in [0.25, 0.3) is 0 Å². The van der Waals surface area contributed by atoms with Crippen LogP contribution in [0.2, 0.25) is 0 Å². The summed E-state index contributed by atoms with van der Waals surface area (Å²) in [5, 5.41) is 0. The summed E-state index contributed by atoms with van der Waals surface area (Å²) in [7, 11) is 5.97. The molecule has 0 aliphatic carbocycles. The third-order valence-corrected chi connectivity index (χ3v) is 3.74. The van der Waals surface area contributed by atoms with Gasteiger partial charge in [-0.05, 0) is 39.9 Å². The molecule has 106 valence electrons. The van der Waals surface area contributed by atoms with Crippen molar-refractivity contribution in [1.82, 2.24) is 9.80 Å². The molecule has 0 atom stereocenters. The van der Waals surface area contributed by atoms with E-state index in [4.69, 9.17) is 10.5 Å². The van der Waals surface area contributed by atoms with Gasteiger partial charge >= 0.3 is 0 Å². The Hall–Kier alpha value is -0.650. The predicted octanol–water partition coefficient (Wildman–Crippen LogP) is 0.152. The molecule has 5 nitrogen and oxygen atoms in total. The molecule has 1 saturated heterocycles. The number of amides is 1. The minimum Gasteiger partial charge on any atom is -0.381 e. The van der Waals surface area contributed by atoms with Gasteiger partial charge in [0.05, 0.1) is 5.41 Å². The van der Waals surface area contributed by atoms with Crippen LogP contribution in [0.1, 0.15) is 19.3 Å². The summed E-state index contributed by atoms with van der Waals surface area (Å²) in [6.45, 7) is 3.51. The van der Waals surface area contributed by atoms with E-state index >= 15 is 0 Å². The first-order chi connectivity index (χ1) is 8.52. The van der Waals surface area contributed by atoms with E-state index < -0.39 is 0 Å². The van der Waals surface area contributed by atoms with E-state index in [0.717, 1.165) is 32.4 Å². The highest BCUT2D eigenvalue weighted by Gasteiger charge is 2.40. The Bertz CT molecular complexity index is 263. The van der Waals surface area contributed by atoms with Gasteiger partial charge in [-0.1, -0.05) is 0 Å². The number of carbonyl (C=O) groups is 1. The molecule has 1 aliphatic heterocycles. The molecule has 1 rings (SSSR count). The average molecular weight is 257 g/mol. The van der Waals surface area contributed by atoms with Gasteiger partial charge < -0.3 is 20.3 Å². The molecule has 1 amide bonds. The maximum atomic E-state index is 12.5. The van der Waals surface area contributed by atoms with Gasteiger partial charge in [0, 0.05) is 33.4 Å². The molecule has 1 heterocycles. The SMILES string of the molecule is CN(C)CCCN(C)C(=O)C1(CN)CCOCC1. The molecule has 0 radical (unpaired) electrons. The van der Waals surface area contributed by atoms with E-state index in [0.29, 0.717) is 19.8 Å². The number of hydrogen-bond donors (Lipinski definition) is 1. The summed E-state index contributed by atoms with van der Waals surface area (Å²) < 4.78 is 5.34. The van der Waals surface area contributed by atoms with Gasteiger partial charge in [-0.15, -0.1) is 0 Å². The fourth-order valence-electron chi connectivity index (χ4n) is 2.40. The Morgan fingerprint density at radius 1 is 1.22 bits per heavy atom. The maximum Gasteiger partial charge on any atom is 0.229 e. The van der Waals surface area contributed by atoms with Crippen molar-refractivity contribution < 1.29 is 9.53 Å². The minimum absolute atomic E-state index is 0.187. The van der Waals surface area contributed by atoms with Crippen molar-refractivity contribution in [3.8, 4) is 0 Å². The second-order valence-corrected chi connectivity index (χ2v) is 5.48. The standard InChI is InChI=1S/C13H27N3O2/c1-15(2)7-4-8-16(3)12(17)13(11-14)5-9-18-10-6-13/h4-11,14H2,1-3H3. The number of nitrogens with zero attached hydrogens (tertiary/aromatic N) is 2. The zero-order chi connectivity index (χ0) is 13.6. The van der Waals surface area contributed by atoms with Crippen LogP contribution in [-0.4, -0.2) is 69.7 Å². The largest absolute Gasteiger partial charge is 0.381 e. The average Bonchev–Trinajstić information content (AvgIpc) is 2.38. The van der Waals surface area contributed by atoms with Crippen molar-refractivity contribution >= 4 is 5.91 Å². The number of hydrogen-bond acceptors (Lipinski definition) is 4. The number of nitrogens with two attached hydrogens (primary N) is 1. The van der Waals surface area contributed by atoms with Crippen LogP contribution < -0.4 is 5.73 Å². The summed E-state index contributed by atoms with van der Waals surface area (Å²) >= 11 is 0. The van der Waals surface area contributed by atoms with E-state index in [-0.39, 0.29) is 11.3 Å². The summed E-state index contributed by atoms with van der Waals surface area (Å²) in [6, 6.07) is 0. The zero-order valence-corrected chi connectivity index (χ0v) is 11.9. The molecule has 0 spiro atoms. The van der Waals surface area contributed by atoms with Crippen molar-refractivity contribution in [1.29, 1.82) is 0 Å². The molecule has 0 bridgehead atoms. The van der Waals surface area contributed by atoms with Crippen molar-refractivity contribution in [2.45, 2.75) is 19.3 Å². The van der Waals surface area contributed by atoms with Crippen LogP contribution in [0.4, 0.5) is 0 Å². The monoisotopic (exact) mass is 257 g/mol. The van der Waals surface area contributed by atoms with Gasteiger partial charge in [0.1, 0.15) is 0 Å². The molecule has 1 aliphatic rings. The van der Waals surface area contributed by atoms with Crippen molar-refractivity contribution in [3.63, 3.8) is 0 Å². The van der Waals surface area contributed by atoms with Gasteiger partial charge in [-0.25, -0.2) is 0 Å². The van der Waals surface area contributed by atoms with Gasteiger partial charge in [0.25, 0.3) is 0 Å². The lowest BCUT2D eigenvalue weighted by molar-refractivity contribution is -0.145. The van der Waals surface area contributed by atoms with E-state index in [9.17, 15) is 4.79 Å². The van der Waals surface area contributed by atoms with E-state index in [2.05, 4.69) is 4.90 Å². The molecule has 0 unspecified atom stereocenters. The third kappa shape index (κ3) is 3.93. The van der Waals surface area contributed by atoms with E-state index in [1.165, 1.54) is 0 Å². The molecule has 0 aromatic heterocycles. The fourth-order valence-corrected chi connectivity index (χ4v) is 2.40. The van der Waals surface area contributed by atoms with Crippen molar-refractivity contribution in [2.75, 3.05) is 54.0 Å². The first kappa shape index (κ1) is 15.4. The van der Waals surface area contributed by atoms with Gasteiger partial charge in [0.15, 0.2) is 0 Å². The highest BCUT2D eigenvalue weighted by Crippen LogP contribution is 2.31. The van der Waals surface area contributed by atoms with Crippen LogP contribution in [0.3, 0.4) is 0 Å². The molecule has 1 fully saturated rings. The van der Waals surface area contributed by atoms with Crippen molar-refractivity contribution in [3.05, 3.63) is 0 Å². The van der Waals surface area contributed by atoms with Crippen LogP contribution in [0, 0.1) is 5.41 Å². The summed E-state index contributed by atoms with van der Waals surface area (Å²) in [5.74, 6) is 0.187. The molecular formula is C13H27N3O2. The van der Waals surface area contributed by atoms with Crippen LogP contribution >= 0.6 is 0 Å². The lowest BCUT2D eigenvalue weighted by atomic mass is 9.79. The lowest BCUT2D eigenvalue weighted by Gasteiger charge is -2.37. The van der Waals surface area contributed by atoms with Gasteiger partial charge in [-0.3, -0.25) is 4.79 Å². The first-order valence-electron chi connectivity index (χ1n) is 6.70. The normalized spacial score (nSPS) is 18.9. The first-order valence-corrected chi connectivity index (χ1v) is 6.70. The second-order valence-electron chi connectivity index (χ2n) is 5.48. The number of ether oxygens (including phenoxy) is 1. The Balaban J connectivity index is 2.49. The smallest absolute Gasteiger partial charge is 0.229 e. The summed E-state index contributed by atoms with van der Waals surface area (Å²) in [6.07, 6.45) is 2.49. The van der Waals surface area contributed by atoms with Crippen molar-refractivity contribution in [2.24, 2.45) is 11.1 Å². The second kappa shape index (κ2) is 7.07. The molecule has 0 saturated carbocycles. The molecule has 0 aromatic rings. The minimum atomic E-state index is -0.384. The maximum absolute atomic E-state index is 12.5. The predicted molar refractivity (Wildman–Crippen MR) is 72.3 cm³/mol. The molecule has 5 heteroatoms. The van der Waals surface area contributed by atoms with Crippen LogP contribution in [0.5, 0.6) is 0 Å². The topological polar surface area (TPSA) is 58.8 Å². The molecule has 2 N–H and O–H groups in total. The number of rotatable bonds is 6. The molecule has 0 aromatic carbocycles. The lowest BCUT2D eigenvalue weighted by Crippen LogP contribution is -2.50. The van der Waals surface area contributed by atoms with Gasteiger partial charge in [-0.2, -0.15) is 0 Å². The summed E-state index contributed by atoms with van der Waals surface area (Å²) in [5.41, 5.74) is 5.46. The van der Waals surface area contributed by atoms with Gasteiger partial charge in [0.2, 0.25) is 5.91 Å². The Morgan fingerprint density at radius 2 is 1.83 bits per heavy atom.